The Morgan fingerprint density at radius 2 is 1.32 bits per heavy atom. The maximum atomic E-state index is 12.0. The van der Waals surface area contributed by atoms with Crippen LogP contribution in [0.15, 0.2) is 12.2 Å². The van der Waals surface area contributed by atoms with Crippen molar-refractivity contribution in [2.24, 2.45) is 56.7 Å². The highest BCUT2D eigenvalue weighted by atomic mass is 16.6. The topological polar surface area (TPSA) is 217 Å². The molecule has 6 N–H and O–H groups in total. The van der Waals surface area contributed by atoms with E-state index >= 15 is 0 Å². The second-order valence-electron chi connectivity index (χ2n) is 19.4. The van der Waals surface area contributed by atoms with E-state index in [1.807, 2.05) is 0 Å². The molecule has 1 aliphatic heterocycles. The summed E-state index contributed by atoms with van der Waals surface area (Å²) in [4.78, 5) is 39.0. The lowest BCUT2D eigenvalue weighted by Crippen LogP contribution is -2.67. The number of hydrogen-bond acceptors (Lipinski definition) is 10. The third-order valence-electron chi connectivity index (χ3n) is 15.8. The van der Waals surface area contributed by atoms with Gasteiger partial charge < -0.3 is 44.8 Å². The Labute approximate surface area is 339 Å². The van der Waals surface area contributed by atoms with Crippen LogP contribution in [0.4, 0.5) is 0 Å². The van der Waals surface area contributed by atoms with E-state index < -0.39 is 42.5 Å². The molecular weight excluding hydrogens is 736 g/mol. The molecule has 0 bridgehead atoms. The molecule has 0 aromatic carbocycles. The first-order valence-corrected chi connectivity index (χ1v) is 20.9. The number of carbonyl (C=O) groups excluding carboxylic acids is 1. The van der Waals surface area contributed by atoms with Gasteiger partial charge in [0.25, 0.3) is 17.9 Å². The lowest BCUT2D eigenvalue weighted by atomic mass is 9.32. The van der Waals surface area contributed by atoms with Gasteiger partial charge in [-0.15, -0.1) is 0 Å². The van der Waals surface area contributed by atoms with Gasteiger partial charge in [0.15, 0.2) is 6.29 Å². The first-order valence-electron chi connectivity index (χ1n) is 20.9. The van der Waals surface area contributed by atoms with E-state index in [0.717, 1.165) is 46.5 Å². The normalized spacial score (nSPS) is 42.5. The van der Waals surface area contributed by atoms with Crippen LogP contribution in [0.3, 0.4) is 0 Å². The van der Waals surface area contributed by atoms with Crippen molar-refractivity contribution in [2.75, 3.05) is 13.2 Å². The number of hydrogen-bond donors (Lipinski definition) is 6. The highest BCUT2D eigenvalue weighted by molar-refractivity contribution is 5.66. The van der Waals surface area contributed by atoms with Crippen molar-refractivity contribution in [1.82, 2.24) is 0 Å². The van der Waals surface area contributed by atoms with Crippen LogP contribution in [0.1, 0.15) is 140 Å². The number of ether oxygens (including phenoxy) is 3. The van der Waals surface area contributed by atoms with Crippen LogP contribution in [0.25, 0.3) is 0 Å². The minimum atomic E-state index is -1.04. The number of carbonyl (C=O) groups is 4. The van der Waals surface area contributed by atoms with Crippen molar-refractivity contribution < 1.29 is 64.0 Å². The molecule has 0 aromatic rings. The molecule has 14 atom stereocenters. The average molecular weight is 811 g/mol. The van der Waals surface area contributed by atoms with Gasteiger partial charge in [-0.1, -0.05) is 46.8 Å². The van der Waals surface area contributed by atoms with E-state index in [9.17, 15) is 20.1 Å². The van der Waals surface area contributed by atoms with Gasteiger partial charge in [-0.05, 0) is 122 Å². The Balaban J connectivity index is 0.000000640. The van der Waals surface area contributed by atoms with Gasteiger partial charge in [0, 0.05) is 39.5 Å². The Kier molecular flexibility index (Phi) is 16.1. The molecule has 6 rings (SSSR count). The monoisotopic (exact) mass is 811 g/mol. The third kappa shape index (κ3) is 10.1. The molecule has 1 heterocycles. The van der Waals surface area contributed by atoms with Crippen LogP contribution in [0, 0.1) is 56.7 Å². The highest BCUT2D eigenvalue weighted by Gasteiger charge is 2.71. The van der Waals surface area contributed by atoms with Gasteiger partial charge in [-0.3, -0.25) is 19.2 Å². The maximum Gasteiger partial charge on any atom is 0.302 e. The highest BCUT2D eigenvalue weighted by Crippen LogP contribution is 2.77. The molecule has 57 heavy (non-hydrogen) atoms. The fourth-order valence-corrected chi connectivity index (χ4v) is 13.4. The number of aliphatic hydroxyl groups is 3. The Bertz CT molecular complexity index is 1410. The molecule has 6 aliphatic rings. The second kappa shape index (κ2) is 18.8. The van der Waals surface area contributed by atoms with Crippen LogP contribution in [0.5, 0.6) is 0 Å². The van der Waals surface area contributed by atoms with E-state index in [2.05, 4.69) is 48.1 Å². The number of aliphatic hydroxyl groups excluding tert-OH is 3. The second-order valence-corrected chi connectivity index (χ2v) is 19.4. The molecule has 5 saturated carbocycles. The Hall–Kier alpha value is -2.58. The van der Waals surface area contributed by atoms with Crippen molar-refractivity contribution in [3.05, 3.63) is 12.2 Å². The molecule has 1 saturated heterocycles. The van der Waals surface area contributed by atoms with Crippen molar-refractivity contribution in [3.63, 3.8) is 0 Å². The Morgan fingerprint density at radius 1 is 0.737 bits per heavy atom. The van der Waals surface area contributed by atoms with Crippen molar-refractivity contribution in [1.29, 1.82) is 0 Å². The molecule has 5 aliphatic carbocycles. The van der Waals surface area contributed by atoms with Crippen LogP contribution in [0.2, 0.25) is 0 Å². The number of esters is 1. The zero-order chi connectivity index (χ0) is 43.5. The fourth-order valence-electron chi connectivity index (χ4n) is 13.4. The quantitative estimate of drug-likeness (QED) is 0.122. The SMILES string of the molecule is C=C(C)[C@@H]1CC[C@]2(COC(C)=O)CC[C@]3(C)[C@H](CC[C@@H]4[C@@]5(C)CCC(O[C@@H]6C[C@@H](O)O[C@@H](CO)[C@H]6O)C(C)(C)[C@@H]5CC[C@]43C)[C@@H]12.CC(=O)O.CC(=O)O.CC(=O)O. The van der Waals surface area contributed by atoms with Crippen LogP contribution < -0.4 is 0 Å². The van der Waals surface area contributed by atoms with E-state index in [4.69, 9.17) is 43.9 Å². The van der Waals surface area contributed by atoms with Crippen molar-refractivity contribution >= 4 is 23.9 Å². The largest absolute Gasteiger partial charge is 0.481 e. The minimum Gasteiger partial charge on any atom is -0.481 e. The molecule has 1 unspecified atom stereocenters. The molecular formula is C44H74O13. The summed E-state index contributed by atoms with van der Waals surface area (Å²) in [5.41, 5.74) is 1.96. The smallest absolute Gasteiger partial charge is 0.302 e. The van der Waals surface area contributed by atoms with Crippen LogP contribution in [-0.2, 0) is 33.4 Å². The predicted molar refractivity (Wildman–Crippen MR) is 213 cm³/mol. The number of allylic oxidation sites excluding steroid dienone is 1. The van der Waals surface area contributed by atoms with E-state index in [1.165, 1.54) is 44.1 Å². The summed E-state index contributed by atoms with van der Waals surface area (Å²) in [5, 5.41) is 53.1. The van der Waals surface area contributed by atoms with Crippen molar-refractivity contribution in [2.45, 2.75) is 171 Å². The predicted octanol–water partition coefficient (Wildman–Crippen LogP) is 6.69. The number of fused-ring (bicyclic) bond motifs is 7. The van der Waals surface area contributed by atoms with E-state index in [1.54, 1.807) is 6.92 Å². The number of carboxylic acids is 3. The molecule has 328 valence electrons. The average Bonchev–Trinajstić information content (AvgIpc) is 3.46. The first-order chi connectivity index (χ1) is 26.2. The summed E-state index contributed by atoms with van der Waals surface area (Å²) in [6, 6.07) is 0. The number of rotatable bonds is 6. The van der Waals surface area contributed by atoms with Gasteiger partial charge in [0.1, 0.15) is 12.2 Å². The molecule has 13 heteroatoms. The zero-order valence-electron chi connectivity index (χ0n) is 36.2. The minimum absolute atomic E-state index is 0.0254. The fraction of sp³-hybridized carbons (Fsp3) is 0.864. The van der Waals surface area contributed by atoms with E-state index in [-0.39, 0.29) is 52.2 Å². The molecule has 0 amide bonds. The van der Waals surface area contributed by atoms with Crippen LogP contribution >= 0.6 is 0 Å². The summed E-state index contributed by atoms with van der Waals surface area (Å²) in [5.74, 6) is 0.120. The van der Waals surface area contributed by atoms with Crippen LogP contribution in [-0.4, -0.2) is 98.4 Å². The summed E-state index contributed by atoms with van der Waals surface area (Å²) in [6.45, 7) is 24.4. The number of carboxylic acid groups (broad SMARTS) is 3. The molecule has 0 radical (unpaired) electrons. The molecule has 0 spiro atoms. The maximum absolute atomic E-state index is 12.0. The summed E-state index contributed by atoms with van der Waals surface area (Å²) in [6.07, 6.45) is 8.39. The Morgan fingerprint density at radius 3 is 1.84 bits per heavy atom. The van der Waals surface area contributed by atoms with E-state index in [0.29, 0.717) is 36.2 Å². The number of aliphatic carboxylic acids is 3. The van der Waals surface area contributed by atoms with Gasteiger partial charge >= 0.3 is 5.97 Å². The summed E-state index contributed by atoms with van der Waals surface area (Å²) < 4.78 is 17.9. The first kappa shape index (κ1) is 48.8. The van der Waals surface area contributed by atoms with Crippen molar-refractivity contribution in [3.8, 4) is 0 Å². The van der Waals surface area contributed by atoms with Gasteiger partial charge in [0.2, 0.25) is 0 Å². The molecule has 6 fully saturated rings. The lowest BCUT2D eigenvalue weighted by molar-refractivity contribution is -0.283. The molecule has 13 nitrogen and oxygen atoms in total. The van der Waals surface area contributed by atoms with Gasteiger partial charge in [-0.2, -0.15) is 0 Å². The summed E-state index contributed by atoms with van der Waals surface area (Å²) in [7, 11) is 0. The summed E-state index contributed by atoms with van der Waals surface area (Å²) >= 11 is 0. The van der Waals surface area contributed by atoms with Gasteiger partial charge in [0.05, 0.1) is 25.4 Å². The molecule has 0 aromatic heterocycles. The third-order valence-corrected chi connectivity index (χ3v) is 15.8. The zero-order valence-corrected chi connectivity index (χ0v) is 36.2. The lowest BCUT2D eigenvalue weighted by Gasteiger charge is -2.73. The standard InChI is InChI=1S/C38H62O7.3C2H4O2/c1-22(2)24-11-16-38(21-43-23(3)40)18-17-36(7)25(32(24)38)9-10-29-35(6)14-13-30(34(4,5)28(35)12-15-37(29,36)8)44-26-19-31(41)45-27(20-39)33(26)42;3*1-2(3)4/h24-33,39,41-42H,1,9-21H2,2-8H3;3*1H3,(H,3,4)/t24-,25+,26+,27-,28-,29+,30?,31-,32+,33-,35-,36+,37+,38+;;;/m0.../s1. The van der Waals surface area contributed by atoms with Gasteiger partial charge in [-0.25, -0.2) is 0 Å².